The van der Waals surface area contributed by atoms with Gasteiger partial charge in [-0.15, -0.1) is 0 Å². The van der Waals surface area contributed by atoms with Crippen molar-refractivity contribution in [3.63, 3.8) is 0 Å². The zero-order valence-electron chi connectivity index (χ0n) is 15.3. The summed E-state index contributed by atoms with van der Waals surface area (Å²) in [5.41, 5.74) is 2.94. The van der Waals surface area contributed by atoms with E-state index in [1.54, 1.807) is 48.6 Å². The summed E-state index contributed by atoms with van der Waals surface area (Å²) in [4.78, 5) is 0. The van der Waals surface area contributed by atoms with Crippen molar-refractivity contribution in [2.45, 2.75) is 0 Å². The van der Waals surface area contributed by atoms with Crippen LogP contribution in [0.25, 0.3) is 23.3 Å². The Hall–Kier alpha value is -2.72. The first kappa shape index (κ1) is 22.0. The van der Waals surface area contributed by atoms with Crippen molar-refractivity contribution >= 4 is 69.7 Å². The molecular weight excluding hydrogens is 458 g/mol. The van der Waals surface area contributed by atoms with Crippen LogP contribution in [0, 0.1) is 22.7 Å². The second kappa shape index (κ2) is 9.86. The van der Waals surface area contributed by atoms with Gasteiger partial charge in [0.15, 0.2) is 0 Å². The fourth-order valence-corrected chi connectivity index (χ4v) is 4.12. The predicted molar refractivity (Wildman–Crippen MR) is 126 cm³/mol. The van der Waals surface area contributed by atoms with Gasteiger partial charge in [-0.2, -0.15) is 10.5 Å². The summed E-state index contributed by atoms with van der Waals surface area (Å²) in [7, 11) is 0. The molecule has 3 aromatic rings. The number of rotatable bonds is 4. The molecule has 2 nitrogen and oxygen atoms in total. The topological polar surface area (TPSA) is 47.6 Å². The molecule has 0 unspecified atom stereocenters. The van der Waals surface area contributed by atoms with E-state index in [0.717, 1.165) is 0 Å². The first-order chi connectivity index (χ1) is 14.5. The molecule has 0 aliphatic heterocycles. The van der Waals surface area contributed by atoms with E-state index in [9.17, 15) is 10.5 Å². The van der Waals surface area contributed by atoms with Crippen LogP contribution in [-0.2, 0) is 0 Å². The molecular formula is C24H12Cl4N2. The Morgan fingerprint density at radius 3 is 1.20 bits per heavy atom. The Morgan fingerprint density at radius 2 is 0.900 bits per heavy atom. The highest BCUT2D eigenvalue weighted by Crippen LogP contribution is 2.34. The normalized spacial score (nSPS) is 11.7. The number of halogens is 4. The van der Waals surface area contributed by atoms with Crippen LogP contribution in [0.1, 0.15) is 22.3 Å². The summed E-state index contributed by atoms with van der Waals surface area (Å²) in [6.07, 6.45) is 3.37. The van der Waals surface area contributed by atoms with Crippen molar-refractivity contribution < 1.29 is 0 Å². The molecule has 0 saturated carbocycles. The zero-order valence-corrected chi connectivity index (χ0v) is 18.4. The molecule has 0 heterocycles. The van der Waals surface area contributed by atoms with E-state index in [1.807, 2.05) is 24.3 Å². The maximum Gasteiger partial charge on any atom is 0.0999 e. The highest BCUT2D eigenvalue weighted by Gasteiger charge is 2.14. The fraction of sp³-hybridized carbons (Fsp3) is 0. The monoisotopic (exact) mass is 468 g/mol. The zero-order chi connectivity index (χ0) is 21.7. The van der Waals surface area contributed by atoms with Gasteiger partial charge in [0.2, 0.25) is 0 Å². The second-order valence-corrected chi connectivity index (χ2v) is 7.79. The molecule has 0 fully saturated rings. The largest absolute Gasteiger partial charge is 0.192 e. The lowest BCUT2D eigenvalue weighted by Gasteiger charge is -2.09. The lowest BCUT2D eigenvalue weighted by molar-refractivity contribution is 1.51. The average Bonchev–Trinajstić information content (AvgIpc) is 2.72. The maximum absolute atomic E-state index is 9.72. The smallest absolute Gasteiger partial charge is 0.0999 e. The van der Waals surface area contributed by atoms with Crippen LogP contribution in [0.5, 0.6) is 0 Å². The van der Waals surface area contributed by atoms with Gasteiger partial charge in [0.25, 0.3) is 0 Å². The summed E-state index contributed by atoms with van der Waals surface area (Å²) >= 11 is 25.1. The van der Waals surface area contributed by atoms with E-state index in [4.69, 9.17) is 46.4 Å². The molecule has 6 heteroatoms. The molecule has 0 spiro atoms. The van der Waals surface area contributed by atoms with Crippen LogP contribution in [-0.4, -0.2) is 0 Å². The molecule has 0 saturated heterocycles. The van der Waals surface area contributed by atoms with E-state index >= 15 is 0 Å². The van der Waals surface area contributed by atoms with Crippen molar-refractivity contribution in [2.24, 2.45) is 0 Å². The lowest BCUT2D eigenvalue weighted by atomic mass is 9.97. The van der Waals surface area contributed by atoms with Gasteiger partial charge in [-0.25, -0.2) is 0 Å². The van der Waals surface area contributed by atoms with E-state index < -0.39 is 0 Å². The Balaban J connectivity index is 2.18. The highest BCUT2D eigenvalue weighted by molar-refractivity contribution is 6.39. The summed E-state index contributed by atoms with van der Waals surface area (Å²) in [5.74, 6) is 0. The van der Waals surface area contributed by atoms with Gasteiger partial charge in [0.05, 0.1) is 43.4 Å². The minimum Gasteiger partial charge on any atom is -0.192 e. The van der Waals surface area contributed by atoms with Crippen LogP contribution >= 0.6 is 46.4 Å². The molecule has 0 aliphatic rings. The molecule has 0 bridgehead atoms. The molecule has 0 atom stereocenters. The minimum atomic E-state index is 0.306. The van der Waals surface area contributed by atoms with E-state index in [2.05, 4.69) is 12.1 Å². The van der Waals surface area contributed by atoms with E-state index in [1.165, 1.54) is 0 Å². The van der Waals surface area contributed by atoms with Crippen molar-refractivity contribution in [2.75, 3.05) is 0 Å². The van der Waals surface area contributed by atoms with Crippen LogP contribution < -0.4 is 0 Å². The molecule has 146 valence electrons. The molecule has 0 aliphatic carbocycles. The molecule has 3 rings (SSSR count). The summed E-state index contributed by atoms with van der Waals surface area (Å²) in [6, 6.07) is 21.8. The molecule has 0 amide bonds. The lowest BCUT2D eigenvalue weighted by Crippen LogP contribution is -1.90. The van der Waals surface area contributed by atoms with Gasteiger partial charge in [0, 0.05) is 11.1 Å². The number of nitrogens with zero attached hydrogens (tertiary/aromatic N) is 2. The Bertz CT molecular complexity index is 1120. The van der Waals surface area contributed by atoms with Crippen LogP contribution in [0.2, 0.25) is 20.1 Å². The summed E-state index contributed by atoms with van der Waals surface area (Å²) in [6.45, 7) is 0. The first-order valence-electron chi connectivity index (χ1n) is 8.67. The molecule has 30 heavy (non-hydrogen) atoms. The fourth-order valence-electron chi connectivity index (χ4n) is 2.92. The van der Waals surface area contributed by atoms with Crippen LogP contribution in [0.4, 0.5) is 0 Å². The predicted octanol–water partition coefficient (Wildman–Crippen LogP) is 8.43. The Labute approximate surface area is 194 Å². The number of nitriles is 2. The van der Waals surface area contributed by atoms with Gasteiger partial charge in [-0.1, -0.05) is 82.8 Å². The molecule has 3 aromatic carbocycles. The standard InChI is InChI=1S/C24H12Cl4N2/c25-19-7-3-8-20(26)23(19)17(13-29)11-15-5-1-2-6-16(15)12-18(14-30)24-21(27)9-4-10-22(24)28/h1-12H. The van der Waals surface area contributed by atoms with E-state index in [-0.39, 0.29) is 0 Å². The third-order valence-corrected chi connectivity index (χ3v) is 5.56. The molecule has 0 radical (unpaired) electrons. The molecule has 0 aromatic heterocycles. The quantitative estimate of drug-likeness (QED) is 0.284. The first-order valence-corrected chi connectivity index (χ1v) is 10.2. The summed E-state index contributed by atoms with van der Waals surface area (Å²) < 4.78 is 0. The van der Waals surface area contributed by atoms with Crippen molar-refractivity contribution in [1.29, 1.82) is 10.5 Å². The van der Waals surface area contributed by atoms with Crippen LogP contribution in [0.3, 0.4) is 0 Å². The van der Waals surface area contributed by atoms with Gasteiger partial charge in [-0.3, -0.25) is 0 Å². The maximum atomic E-state index is 9.72. The summed E-state index contributed by atoms with van der Waals surface area (Å²) in [5, 5.41) is 21.0. The van der Waals surface area contributed by atoms with Crippen molar-refractivity contribution in [3.05, 3.63) is 103 Å². The van der Waals surface area contributed by atoms with Gasteiger partial charge in [-0.05, 0) is 47.5 Å². The van der Waals surface area contributed by atoms with Gasteiger partial charge in [0.1, 0.15) is 0 Å². The van der Waals surface area contributed by atoms with Gasteiger partial charge >= 0.3 is 0 Å². The highest BCUT2D eigenvalue weighted by atomic mass is 35.5. The second-order valence-electron chi connectivity index (χ2n) is 6.16. The van der Waals surface area contributed by atoms with E-state index in [0.29, 0.717) is 53.5 Å². The Kier molecular flexibility index (Phi) is 7.22. The Morgan fingerprint density at radius 1 is 0.567 bits per heavy atom. The van der Waals surface area contributed by atoms with Gasteiger partial charge < -0.3 is 0 Å². The van der Waals surface area contributed by atoms with Crippen molar-refractivity contribution in [3.8, 4) is 12.1 Å². The minimum absolute atomic E-state index is 0.306. The van der Waals surface area contributed by atoms with Crippen LogP contribution in [0.15, 0.2) is 60.7 Å². The SMILES string of the molecule is N#CC(=Cc1ccccc1C=C(C#N)c1c(Cl)cccc1Cl)c1c(Cl)cccc1Cl. The van der Waals surface area contributed by atoms with Crippen molar-refractivity contribution in [1.82, 2.24) is 0 Å². The third-order valence-electron chi connectivity index (χ3n) is 4.30. The number of hydrogen-bond acceptors (Lipinski definition) is 2. The number of benzene rings is 3. The average molecular weight is 470 g/mol. The molecule has 0 N–H and O–H groups in total. The number of hydrogen-bond donors (Lipinski definition) is 0. The number of allylic oxidation sites excluding steroid dienone is 2. The third kappa shape index (κ3) is 4.71.